The topological polar surface area (TPSA) is 38.5 Å². The van der Waals surface area contributed by atoms with Gasteiger partial charge >= 0.3 is 0 Å². The first-order valence-electron chi connectivity index (χ1n) is 5.41. The standard InChI is InChI=1S/C13H7F2NO2S/c1-6-4-16-11-3-10(15)9(14)2-7(11)12(18)8(5-17)13(16)19-6/h2-5H,1H3. The minimum Gasteiger partial charge on any atom is -0.306 e. The predicted octanol–water partition coefficient (Wildman–Crippen LogP) is 2.91. The fourth-order valence-electron chi connectivity index (χ4n) is 2.10. The molecule has 0 N–H and O–H groups in total. The molecule has 0 spiro atoms. The third-order valence-corrected chi connectivity index (χ3v) is 3.96. The Morgan fingerprint density at radius 1 is 1.26 bits per heavy atom. The van der Waals surface area contributed by atoms with E-state index >= 15 is 0 Å². The largest absolute Gasteiger partial charge is 0.306 e. The number of rotatable bonds is 1. The Hall–Kier alpha value is -2.08. The van der Waals surface area contributed by atoms with Crippen LogP contribution >= 0.6 is 11.3 Å². The molecule has 0 bridgehead atoms. The van der Waals surface area contributed by atoms with E-state index < -0.39 is 17.1 Å². The maximum absolute atomic E-state index is 13.3. The zero-order valence-electron chi connectivity index (χ0n) is 9.74. The molecule has 0 atom stereocenters. The second-order valence-corrected chi connectivity index (χ2v) is 5.40. The average molecular weight is 279 g/mol. The van der Waals surface area contributed by atoms with Crippen molar-refractivity contribution in [1.29, 1.82) is 0 Å². The van der Waals surface area contributed by atoms with Gasteiger partial charge in [-0.25, -0.2) is 8.78 Å². The van der Waals surface area contributed by atoms with Crippen molar-refractivity contribution in [2.45, 2.75) is 6.92 Å². The van der Waals surface area contributed by atoms with Crippen molar-refractivity contribution in [2.75, 3.05) is 0 Å². The summed E-state index contributed by atoms with van der Waals surface area (Å²) in [5, 5.41) is -0.00343. The number of hydrogen-bond acceptors (Lipinski definition) is 3. The first kappa shape index (κ1) is 12.0. The number of aldehydes is 1. The lowest BCUT2D eigenvalue weighted by Gasteiger charge is -2.04. The van der Waals surface area contributed by atoms with E-state index in [9.17, 15) is 18.4 Å². The number of nitrogens with zero attached hydrogens (tertiary/aromatic N) is 1. The molecule has 19 heavy (non-hydrogen) atoms. The number of benzene rings is 1. The molecule has 0 amide bonds. The van der Waals surface area contributed by atoms with Crippen molar-refractivity contribution in [3.05, 3.63) is 50.6 Å². The van der Waals surface area contributed by atoms with Crippen molar-refractivity contribution in [3.63, 3.8) is 0 Å². The smallest absolute Gasteiger partial charge is 0.201 e. The lowest BCUT2D eigenvalue weighted by molar-refractivity contribution is 0.112. The molecule has 0 aliphatic rings. The molecule has 0 saturated carbocycles. The zero-order valence-corrected chi connectivity index (χ0v) is 10.6. The normalized spacial score (nSPS) is 11.3. The first-order chi connectivity index (χ1) is 9.02. The van der Waals surface area contributed by atoms with Crippen LogP contribution in [0.15, 0.2) is 23.1 Å². The molecule has 0 aliphatic carbocycles. The molecule has 3 aromatic rings. The van der Waals surface area contributed by atoms with Gasteiger partial charge in [0.15, 0.2) is 17.9 Å². The Balaban J connectivity index is 2.69. The summed E-state index contributed by atoms with van der Waals surface area (Å²) < 4.78 is 28.1. The predicted molar refractivity (Wildman–Crippen MR) is 69.1 cm³/mol. The Labute approximate surface area is 109 Å². The number of fused-ring (bicyclic) bond motifs is 3. The first-order valence-corrected chi connectivity index (χ1v) is 6.23. The van der Waals surface area contributed by atoms with Crippen LogP contribution in [-0.2, 0) is 0 Å². The van der Waals surface area contributed by atoms with E-state index in [1.165, 1.54) is 11.3 Å². The minimum absolute atomic E-state index is 0.00343. The molecule has 3 rings (SSSR count). The maximum Gasteiger partial charge on any atom is 0.201 e. The molecule has 0 fully saturated rings. The van der Waals surface area contributed by atoms with E-state index in [2.05, 4.69) is 0 Å². The zero-order chi connectivity index (χ0) is 13.7. The lowest BCUT2D eigenvalue weighted by atomic mass is 10.1. The molecule has 0 unspecified atom stereocenters. The van der Waals surface area contributed by atoms with Crippen LogP contribution in [0.2, 0.25) is 0 Å². The second-order valence-electron chi connectivity index (χ2n) is 4.16. The van der Waals surface area contributed by atoms with Crippen LogP contribution in [0.25, 0.3) is 15.7 Å². The molecular formula is C13H7F2NO2S. The number of carbonyl (C=O) groups is 1. The van der Waals surface area contributed by atoms with Crippen LogP contribution in [0.4, 0.5) is 8.78 Å². The van der Waals surface area contributed by atoms with Gasteiger partial charge in [0.05, 0.1) is 11.1 Å². The van der Waals surface area contributed by atoms with Crippen LogP contribution in [0.3, 0.4) is 0 Å². The van der Waals surface area contributed by atoms with E-state index in [1.807, 2.05) is 6.92 Å². The highest BCUT2D eigenvalue weighted by atomic mass is 32.1. The molecule has 3 nitrogen and oxygen atoms in total. The van der Waals surface area contributed by atoms with Gasteiger partial charge in [-0.1, -0.05) is 0 Å². The van der Waals surface area contributed by atoms with Crippen LogP contribution in [-0.4, -0.2) is 10.7 Å². The van der Waals surface area contributed by atoms with Gasteiger partial charge < -0.3 is 4.40 Å². The molecule has 1 aromatic carbocycles. The molecule has 6 heteroatoms. The van der Waals surface area contributed by atoms with Gasteiger partial charge in [-0.05, 0) is 13.0 Å². The summed E-state index contributed by atoms with van der Waals surface area (Å²) in [5.41, 5.74) is -0.351. The molecule has 96 valence electrons. The SMILES string of the molecule is Cc1cn2c(s1)c(C=O)c(=O)c1cc(F)c(F)cc12. The van der Waals surface area contributed by atoms with E-state index in [-0.39, 0.29) is 16.5 Å². The van der Waals surface area contributed by atoms with Gasteiger partial charge in [0, 0.05) is 22.5 Å². The quantitative estimate of drug-likeness (QED) is 0.642. The van der Waals surface area contributed by atoms with E-state index in [0.717, 1.165) is 17.0 Å². The lowest BCUT2D eigenvalue weighted by Crippen LogP contribution is -2.12. The van der Waals surface area contributed by atoms with Gasteiger partial charge in [0.2, 0.25) is 5.43 Å². The number of hydrogen-bond donors (Lipinski definition) is 0. The highest BCUT2D eigenvalue weighted by Gasteiger charge is 2.16. The number of thiazole rings is 1. The maximum atomic E-state index is 13.3. The van der Waals surface area contributed by atoms with Crippen molar-refractivity contribution in [3.8, 4) is 0 Å². The summed E-state index contributed by atoms with van der Waals surface area (Å²) in [6.45, 7) is 1.81. The van der Waals surface area contributed by atoms with E-state index in [4.69, 9.17) is 0 Å². The summed E-state index contributed by atoms with van der Waals surface area (Å²) >= 11 is 1.26. The fourth-order valence-corrected chi connectivity index (χ4v) is 3.06. The molecule has 2 heterocycles. The fraction of sp³-hybridized carbons (Fsp3) is 0.0769. The number of halogens is 2. The molecule has 0 aliphatic heterocycles. The van der Waals surface area contributed by atoms with Gasteiger partial charge in [-0.2, -0.15) is 0 Å². The van der Waals surface area contributed by atoms with Gasteiger partial charge in [-0.3, -0.25) is 9.59 Å². The Kier molecular flexibility index (Phi) is 2.50. The summed E-state index contributed by atoms with van der Waals surface area (Å²) in [6, 6.07) is 1.80. The van der Waals surface area contributed by atoms with Gasteiger partial charge in [0.1, 0.15) is 4.83 Å². The van der Waals surface area contributed by atoms with Crippen molar-refractivity contribution in [2.24, 2.45) is 0 Å². The molecule has 0 radical (unpaired) electrons. The highest BCUT2D eigenvalue weighted by molar-refractivity contribution is 7.17. The van der Waals surface area contributed by atoms with Crippen LogP contribution in [0.5, 0.6) is 0 Å². The highest BCUT2D eigenvalue weighted by Crippen LogP contribution is 2.25. The number of pyridine rings is 1. The molecule has 0 saturated heterocycles. The monoisotopic (exact) mass is 279 g/mol. The van der Waals surface area contributed by atoms with Crippen LogP contribution in [0.1, 0.15) is 15.2 Å². The summed E-state index contributed by atoms with van der Waals surface area (Å²) in [7, 11) is 0. The van der Waals surface area contributed by atoms with Gasteiger partial charge in [0.25, 0.3) is 0 Å². The summed E-state index contributed by atoms with van der Waals surface area (Å²) in [5.74, 6) is -2.13. The van der Waals surface area contributed by atoms with Crippen molar-refractivity contribution < 1.29 is 13.6 Å². The van der Waals surface area contributed by atoms with Gasteiger partial charge in [-0.15, -0.1) is 11.3 Å². The summed E-state index contributed by atoms with van der Waals surface area (Å²) in [4.78, 5) is 24.5. The number of aromatic nitrogens is 1. The van der Waals surface area contributed by atoms with Crippen LogP contribution < -0.4 is 5.43 Å². The number of aryl methyl sites for hydroxylation is 1. The third-order valence-electron chi connectivity index (χ3n) is 2.92. The van der Waals surface area contributed by atoms with E-state index in [0.29, 0.717) is 11.1 Å². The molecular weight excluding hydrogens is 272 g/mol. The third kappa shape index (κ3) is 1.60. The Morgan fingerprint density at radius 3 is 2.63 bits per heavy atom. The average Bonchev–Trinajstić information content (AvgIpc) is 2.74. The minimum atomic E-state index is -1.10. The molecule has 2 aromatic heterocycles. The van der Waals surface area contributed by atoms with Crippen molar-refractivity contribution >= 4 is 33.4 Å². The Morgan fingerprint density at radius 2 is 1.95 bits per heavy atom. The Bertz CT molecular complexity index is 895. The number of carbonyl (C=O) groups excluding carboxylic acids is 1. The summed E-state index contributed by atoms with van der Waals surface area (Å²) in [6.07, 6.45) is 2.14. The van der Waals surface area contributed by atoms with Crippen LogP contribution in [0, 0.1) is 18.6 Å². The van der Waals surface area contributed by atoms with E-state index in [1.54, 1.807) is 10.6 Å². The van der Waals surface area contributed by atoms with Crippen molar-refractivity contribution in [1.82, 2.24) is 4.40 Å². The second kappa shape index (κ2) is 3.96.